The Morgan fingerprint density at radius 1 is 0.733 bits per heavy atom. The van der Waals surface area contributed by atoms with Crippen LogP contribution in [0.15, 0.2) is 0 Å². The molecule has 0 radical (unpaired) electrons. The van der Waals surface area contributed by atoms with Crippen LogP contribution in [0.5, 0.6) is 0 Å². The molecule has 92 valence electrons. The van der Waals surface area contributed by atoms with E-state index in [0.717, 1.165) is 24.3 Å². The predicted octanol–water partition coefficient (Wildman–Crippen LogP) is 1.74. The Bertz CT molecular complexity index is 113. The van der Waals surface area contributed by atoms with E-state index in [1.165, 1.54) is 0 Å². The smallest absolute Gasteiger partial charge is 0.157 e. The molecular weight excluding hydrogens is 216 g/mol. The first-order chi connectivity index (χ1) is 7.28. The van der Waals surface area contributed by atoms with Crippen LogP contribution in [0.25, 0.3) is 0 Å². The molecule has 0 N–H and O–H groups in total. The second kappa shape index (κ2) is 10.7. The second-order valence-corrected chi connectivity index (χ2v) is 4.22. The van der Waals surface area contributed by atoms with Gasteiger partial charge in [0.2, 0.25) is 0 Å². The Balaban J connectivity index is 3.30. The lowest BCUT2D eigenvalue weighted by atomic mass is 10.5. The van der Waals surface area contributed by atoms with Gasteiger partial charge in [0, 0.05) is 41.3 Å². The zero-order valence-electron chi connectivity index (χ0n) is 10.0. The van der Waals surface area contributed by atoms with Crippen molar-refractivity contribution >= 4 is 11.8 Å². The van der Waals surface area contributed by atoms with E-state index in [1.54, 1.807) is 28.4 Å². The Hall–Kier alpha value is 0.190. The molecule has 0 saturated carbocycles. The molecule has 0 aliphatic carbocycles. The third-order valence-electron chi connectivity index (χ3n) is 2.05. The lowest BCUT2D eigenvalue weighted by molar-refractivity contribution is -0.103. The zero-order chi connectivity index (χ0) is 11.5. The number of methoxy groups -OCH3 is 4. The van der Waals surface area contributed by atoms with Crippen LogP contribution in [-0.2, 0) is 18.9 Å². The standard InChI is InChI=1S/C10H22O4S/c1-11-9(12-2)5-7-15-8-6-10(13-3)14-4/h9-10H,5-8H2,1-4H3. The molecule has 0 amide bonds. The van der Waals surface area contributed by atoms with Gasteiger partial charge in [0.15, 0.2) is 12.6 Å². The normalized spacial score (nSPS) is 11.6. The fourth-order valence-corrected chi connectivity index (χ4v) is 2.05. The molecule has 0 aliphatic rings. The maximum Gasteiger partial charge on any atom is 0.157 e. The summed E-state index contributed by atoms with van der Waals surface area (Å²) in [6.07, 6.45) is 1.64. The van der Waals surface area contributed by atoms with Gasteiger partial charge in [-0.3, -0.25) is 0 Å². The maximum atomic E-state index is 5.08. The van der Waals surface area contributed by atoms with Crippen LogP contribution in [0.3, 0.4) is 0 Å². The Morgan fingerprint density at radius 3 is 1.33 bits per heavy atom. The van der Waals surface area contributed by atoms with E-state index in [2.05, 4.69) is 0 Å². The van der Waals surface area contributed by atoms with Crippen LogP contribution in [-0.4, -0.2) is 52.5 Å². The highest BCUT2D eigenvalue weighted by atomic mass is 32.2. The maximum absolute atomic E-state index is 5.08. The van der Waals surface area contributed by atoms with Gasteiger partial charge in [-0.1, -0.05) is 0 Å². The summed E-state index contributed by atoms with van der Waals surface area (Å²) in [5.74, 6) is 2.04. The summed E-state index contributed by atoms with van der Waals surface area (Å²) < 4.78 is 20.3. The molecule has 0 aromatic heterocycles. The lowest BCUT2D eigenvalue weighted by Gasteiger charge is -2.14. The number of hydrogen-bond acceptors (Lipinski definition) is 5. The molecule has 0 aromatic carbocycles. The van der Waals surface area contributed by atoms with Crippen LogP contribution in [0.4, 0.5) is 0 Å². The summed E-state index contributed by atoms with van der Waals surface area (Å²) >= 11 is 1.85. The highest BCUT2D eigenvalue weighted by Gasteiger charge is 2.06. The molecule has 0 atom stereocenters. The summed E-state index contributed by atoms with van der Waals surface area (Å²) in [5.41, 5.74) is 0. The minimum absolute atomic E-state index is 0.0850. The average Bonchev–Trinajstić information content (AvgIpc) is 2.29. The second-order valence-electron chi connectivity index (χ2n) is 2.99. The Labute approximate surface area is 96.6 Å². The van der Waals surface area contributed by atoms with Crippen molar-refractivity contribution in [1.29, 1.82) is 0 Å². The molecule has 0 spiro atoms. The highest BCUT2D eigenvalue weighted by Crippen LogP contribution is 2.11. The third kappa shape index (κ3) is 8.04. The van der Waals surface area contributed by atoms with Gasteiger partial charge in [0.25, 0.3) is 0 Å². The van der Waals surface area contributed by atoms with Gasteiger partial charge < -0.3 is 18.9 Å². The number of hydrogen-bond donors (Lipinski definition) is 0. The van der Waals surface area contributed by atoms with Crippen molar-refractivity contribution in [3.05, 3.63) is 0 Å². The molecule has 0 rings (SSSR count). The first kappa shape index (κ1) is 15.2. The molecule has 0 unspecified atom stereocenters. The van der Waals surface area contributed by atoms with E-state index in [4.69, 9.17) is 18.9 Å². The van der Waals surface area contributed by atoms with Crippen molar-refractivity contribution < 1.29 is 18.9 Å². The number of rotatable bonds is 10. The summed E-state index contributed by atoms with van der Waals surface area (Å²) in [6.45, 7) is 0. The predicted molar refractivity (Wildman–Crippen MR) is 62.2 cm³/mol. The molecule has 0 aromatic rings. The van der Waals surface area contributed by atoms with Crippen molar-refractivity contribution in [2.45, 2.75) is 25.4 Å². The largest absolute Gasteiger partial charge is 0.356 e. The number of thioether (sulfide) groups is 1. The minimum Gasteiger partial charge on any atom is -0.356 e. The summed E-state index contributed by atoms with van der Waals surface area (Å²) in [4.78, 5) is 0. The van der Waals surface area contributed by atoms with E-state index in [0.29, 0.717) is 0 Å². The van der Waals surface area contributed by atoms with Crippen LogP contribution in [0.2, 0.25) is 0 Å². The van der Waals surface area contributed by atoms with Gasteiger partial charge >= 0.3 is 0 Å². The lowest BCUT2D eigenvalue weighted by Crippen LogP contribution is -2.15. The first-order valence-electron chi connectivity index (χ1n) is 4.97. The summed E-state index contributed by atoms with van der Waals surface area (Å²) in [7, 11) is 6.63. The van der Waals surface area contributed by atoms with E-state index in [1.807, 2.05) is 11.8 Å². The van der Waals surface area contributed by atoms with Gasteiger partial charge in [-0.2, -0.15) is 11.8 Å². The molecule has 0 bridgehead atoms. The third-order valence-corrected chi connectivity index (χ3v) is 3.10. The molecule has 4 nitrogen and oxygen atoms in total. The van der Waals surface area contributed by atoms with Crippen molar-refractivity contribution in [1.82, 2.24) is 0 Å². The van der Waals surface area contributed by atoms with Crippen molar-refractivity contribution in [2.24, 2.45) is 0 Å². The van der Waals surface area contributed by atoms with E-state index < -0.39 is 0 Å². The van der Waals surface area contributed by atoms with Gasteiger partial charge in [-0.15, -0.1) is 0 Å². The topological polar surface area (TPSA) is 36.9 Å². The zero-order valence-corrected chi connectivity index (χ0v) is 10.8. The summed E-state index contributed by atoms with van der Waals surface area (Å²) in [5, 5.41) is 0. The average molecular weight is 238 g/mol. The number of ether oxygens (including phenoxy) is 4. The fourth-order valence-electron chi connectivity index (χ4n) is 1.13. The van der Waals surface area contributed by atoms with E-state index >= 15 is 0 Å². The highest BCUT2D eigenvalue weighted by molar-refractivity contribution is 7.99. The molecule has 0 saturated heterocycles. The minimum atomic E-state index is -0.0850. The molecule has 0 fully saturated rings. The summed E-state index contributed by atoms with van der Waals surface area (Å²) in [6, 6.07) is 0. The molecule has 0 aliphatic heterocycles. The van der Waals surface area contributed by atoms with Crippen molar-refractivity contribution in [3.63, 3.8) is 0 Å². The van der Waals surface area contributed by atoms with Gasteiger partial charge in [0.05, 0.1) is 0 Å². The molecule has 15 heavy (non-hydrogen) atoms. The Morgan fingerprint density at radius 2 is 1.07 bits per heavy atom. The van der Waals surface area contributed by atoms with Crippen molar-refractivity contribution in [3.8, 4) is 0 Å². The molecule has 5 heteroatoms. The van der Waals surface area contributed by atoms with Gasteiger partial charge in [-0.25, -0.2) is 0 Å². The van der Waals surface area contributed by atoms with E-state index in [9.17, 15) is 0 Å². The monoisotopic (exact) mass is 238 g/mol. The first-order valence-corrected chi connectivity index (χ1v) is 6.12. The van der Waals surface area contributed by atoms with Crippen LogP contribution in [0, 0.1) is 0 Å². The van der Waals surface area contributed by atoms with Crippen LogP contribution >= 0.6 is 11.8 Å². The van der Waals surface area contributed by atoms with Crippen LogP contribution < -0.4 is 0 Å². The van der Waals surface area contributed by atoms with E-state index in [-0.39, 0.29) is 12.6 Å². The van der Waals surface area contributed by atoms with Gasteiger partial charge in [0.1, 0.15) is 0 Å². The van der Waals surface area contributed by atoms with Gasteiger partial charge in [-0.05, 0) is 11.5 Å². The van der Waals surface area contributed by atoms with Crippen molar-refractivity contribution in [2.75, 3.05) is 39.9 Å². The quantitative estimate of drug-likeness (QED) is 0.428. The molecular formula is C10H22O4S. The van der Waals surface area contributed by atoms with Crippen LogP contribution in [0.1, 0.15) is 12.8 Å². The molecule has 0 heterocycles. The Kier molecular flexibility index (Phi) is 10.8. The SMILES string of the molecule is COC(CCSCCC(OC)OC)OC. The fraction of sp³-hybridized carbons (Fsp3) is 1.00.